The highest BCUT2D eigenvalue weighted by atomic mass is 16.5. The van der Waals surface area contributed by atoms with Gasteiger partial charge in [-0.15, -0.1) is 0 Å². The van der Waals surface area contributed by atoms with Crippen LogP contribution in [0.15, 0.2) is 46.9 Å². The van der Waals surface area contributed by atoms with Gasteiger partial charge in [0.05, 0.1) is 6.54 Å². The molecule has 0 bridgehead atoms. The second-order valence-corrected chi connectivity index (χ2v) is 6.14. The molecule has 0 saturated heterocycles. The predicted molar refractivity (Wildman–Crippen MR) is 88.5 cm³/mol. The largest absolute Gasteiger partial charge is 0.492 e. The van der Waals surface area contributed by atoms with Crippen LogP contribution in [0.5, 0.6) is 5.75 Å². The number of nitrogens with one attached hydrogen (secondary N) is 1. The lowest BCUT2D eigenvalue weighted by molar-refractivity contribution is -0.121. The third-order valence-electron chi connectivity index (χ3n) is 4.19. The maximum absolute atomic E-state index is 11.8. The lowest BCUT2D eigenvalue weighted by Gasteiger charge is -2.07. The summed E-state index contributed by atoms with van der Waals surface area (Å²) in [5.41, 5.74) is 0. The number of rotatable bonds is 8. The molecule has 1 aliphatic carbocycles. The molecule has 4 nitrogen and oxygen atoms in total. The van der Waals surface area contributed by atoms with Crippen LogP contribution in [-0.2, 0) is 11.2 Å². The summed E-state index contributed by atoms with van der Waals surface area (Å²) in [6.45, 7) is 3.22. The molecule has 1 saturated carbocycles. The van der Waals surface area contributed by atoms with Crippen molar-refractivity contribution in [2.24, 2.45) is 5.92 Å². The summed E-state index contributed by atoms with van der Waals surface area (Å²) in [7, 11) is 0. The zero-order valence-corrected chi connectivity index (χ0v) is 13.5. The fourth-order valence-corrected chi connectivity index (χ4v) is 2.65. The molecule has 2 aromatic rings. The van der Waals surface area contributed by atoms with E-state index in [2.05, 4.69) is 18.3 Å². The highest BCUT2D eigenvalue weighted by Gasteiger charge is 2.36. The van der Waals surface area contributed by atoms with Crippen LogP contribution < -0.4 is 10.1 Å². The number of carbonyl (C=O) groups is 1. The first-order chi connectivity index (χ1) is 11.2. The maximum Gasteiger partial charge on any atom is 0.220 e. The summed E-state index contributed by atoms with van der Waals surface area (Å²) in [5.74, 6) is 4.15. The summed E-state index contributed by atoms with van der Waals surface area (Å²) in [4.78, 5) is 11.8. The number of hydrogen-bond acceptors (Lipinski definition) is 3. The van der Waals surface area contributed by atoms with Crippen LogP contribution in [0.25, 0.3) is 0 Å². The van der Waals surface area contributed by atoms with Gasteiger partial charge in [0.2, 0.25) is 5.91 Å². The lowest BCUT2D eigenvalue weighted by Crippen LogP contribution is -2.28. The van der Waals surface area contributed by atoms with Gasteiger partial charge in [-0.05, 0) is 36.6 Å². The number of furan rings is 1. The van der Waals surface area contributed by atoms with Gasteiger partial charge in [-0.25, -0.2) is 0 Å². The van der Waals surface area contributed by atoms with Gasteiger partial charge in [-0.3, -0.25) is 4.79 Å². The lowest BCUT2D eigenvalue weighted by atomic mass is 10.2. The summed E-state index contributed by atoms with van der Waals surface area (Å²) < 4.78 is 11.3. The summed E-state index contributed by atoms with van der Waals surface area (Å²) in [6.07, 6.45) is 2.31. The van der Waals surface area contributed by atoms with Gasteiger partial charge in [0, 0.05) is 18.8 Å². The summed E-state index contributed by atoms with van der Waals surface area (Å²) in [5, 5.41) is 2.87. The van der Waals surface area contributed by atoms with Crippen molar-refractivity contribution in [2.75, 3.05) is 13.2 Å². The Labute approximate surface area is 136 Å². The van der Waals surface area contributed by atoms with Crippen molar-refractivity contribution in [2.45, 2.75) is 32.1 Å². The van der Waals surface area contributed by atoms with E-state index in [-0.39, 0.29) is 5.91 Å². The molecule has 4 heteroatoms. The molecule has 2 atom stereocenters. The Morgan fingerprint density at radius 1 is 1.26 bits per heavy atom. The number of aryl methyl sites for hydroxylation is 1. The van der Waals surface area contributed by atoms with Crippen LogP contribution in [0, 0.1) is 5.92 Å². The number of carbonyl (C=O) groups excluding carboxylic acids is 1. The van der Waals surface area contributed by atoms with Crippen molar-refractivity contribution in [3.8, 4) is 5.75 Å². The molecular formula is C19H23NO3. The first-order valence-corrected chi connectivity index (χ1v) is 8.25. The highest BCUT2D eigenvalue weighted by molar-refractivity contribution is 5.76. The Balaban J connectivity index is 1.31. The Kier molecular flexibility index (Phi) is 5.01. The van der Waals surface area contributed by atoms with Gasteiger partial charge in [-0.2, -0.15) is 0 Å². The SMILES string of the molecule is C[C@H]1C[C@H]1c1ccc(CCC(=O)NCCOc2ccccc2)o1. The van der Waals surface area contributed by atoms with E-state index in [0.717, 1.165) is 23.2 Å². The van der Waals surface area contributed by atoms with E-state index in [1.165, 1.54) is 6.42 Å². The van der Waals surface area contributed by atoms with Gasteiger partial charge < -0.3 is 14.5 Å². The molecule has 23 heavy (non-hydrogen) atoms. The van der Waals surface area contributed by atoms with E-state index in [1.54, 1.807) is 0 Å². The van der Waals surface area contributed by atoms with Gasteiger partial charge in [-0.1, -0.05) is 25.1 Å². The van der Waals surface area contributed by atoms with Crippen molar-refractivity contribution in [3.63, 3.8) is 0 Å². The van der Waals surface area contributed by atoms with Gasteiger partial charge >= 0.3 is 0 Å². The molecule has 1 heterocycles. The van der Waals surface area contributed by atoms with Crippen molar-refractivity contribution in [1.29, 1.82) is 0 Å². The molecule has 1 fully saturated rings. The normalized spacial score (nSPS) is 19.3. The number of benzene rings is 1. The molecule has 1 aliphatic rings. The predicted octanol–water partition coefficient (Wildman–Crippen LogP) is 3.53. The molecule has 3 rings (SSSR count). The average molecular weight is 313 g/mol. The summed E-state index contributed by atoms with van der Waals surface area (Å²) >= 11 is 0. The molecule has 0 unspecified atom stereocenters. The molecule has 1 aromatic heterocycles. The van der Waals surface area contributed by atoms with Crippen LogP contribution in [0.4, 0.5) is 0 Å². The third kappa shape index (κ3) is 4.62. The van der Waals surface area contributed by atoms with Gasteiger partial charge in [0.15, 0.2) is 0 Å². The maximum atomic E-state index is 11.8. The second-order valence-electron chi connectivity index (χ2n) is 6.14. The first-order valence-electron chi connectivity index (χ1n) is 8.25. The molecule has 1 amide bonds. The number of para-hydroxylation sites is 1. The van der Waals surface area contributed by atoms with Gasteiger partial charge in [0.1, 0.15) is 23.9 Å². The van der Waals surface area contributed by atoms with E-state index >= 15 is 0 Å². The topological polar surface area (TPSA) is 51.5 Å². The smallest absolute Gasteiger partial charge is 0.220 e. The van der Waals surface area contributed by atoms with Crippen LogP contribution in [0.1, 0.15) is 37.2 Å². The average Bonchev–Trinajstić information content (AvgIpc) is 3.11. The van der Waals surface area contributed by atoms with Crippen LogP contribution in [0.2, 0.25) is 0 Å². The molecule has 0 aliphatic heterocycles. The first kappa shape index (κ1) is 15.7. The fourth-order valence-electron chi connectivity index (χ4n) is 2.65. The minimum atomic E-state index is 0.0272. The zero-order chi connectivity index (χ0) is 16.1. The van der Waals surface area contributed by atoms with Crippen molar-refractivity contribution in [3.05, 3.63) is 54.0 Å². The molecule has 0 spiro atoms. The Bertz CT molecular complexity index is 635. The minimum absolute atomic E-state index is 0.0272. The molecular weight excluding hydrogens is 290 g/mol. The van der Waals surface area contributed by atoms with Crippen molar-refractivity contribution >= 4 is 5.91 Å². The third-order valence-corrected chi connectivity index (χ3v) is 4.19. The Morgan fingerprint density at radius 2 is 2.04 bits per heavy atom. The number of amides is 1. The quantitative estimate of drug-likeness (QED) is 0.759. The molecule has 1 N–H and O–H groups in total. The van der Waals surface area contributed by atoms with E-state index in [9.17, 15) is 4.79 Å². The van der Waals surface area contributed by atoms with Gasteiger partial charge in [0.25, 0.3) is 0 Å². The van der Waals surface area contributed by atoms with E-state index in [0.29, 0.717) is 31.9 Å². The Hall–Kier alpha value is -2.23. The monoisotopic (exact) mass is 313 g/mol. The molecule has 1 aromatic carbocycles. The van der Waals surface area contributed by atoms with E-state index < -0.39 is 0 Å². The highest BCUT2D eigenvalue weighted by Crippen LogP contribution is 2.47. The number of ether oxygens (including phenoxy) is 1. The molecule has 0 radical (unpaired) electrons. The zero-order valence-electron chi connectivity index (χ0n) is 13.5. The van der Waals surface area contributed by atoms with Crippen LogP contribution in [-0.4, -0.2) is 19.1 Å². The van der Waals surface area contributed by atoms with Crippen LogP contribution >= 0.6 is 0 Å². The van der Waals surface area contributed by atoms with E-state index in [1.807, 2.05) is 36.4 Å². The fraction of sp³-hybridized carbons (Fsp3) is 0.421. The summed E-state index contributed by atoms with van der Waals surface area (Å²) in [6, 6.07) is 13.6. The van der Waals surface area contributed by atoms with Crippen LogP contribution in [0.3, 0.4) is 0 Å². The number of hydrogen-bond donors (Lipinski definition) is 1. The van der Waals surface area contributed by atoms with Crippen molar-refractivity contribution in [1.82, 2.24) is 5.32 Å². The Morgan fingerprint density at radius 3 is 2.78 bits per heavy atom. The minimum Gasteiger partial charge on any atom is -0.492 e. The standard InChI is InChI=1S/C19H23NO3/c1-14-13-17(14)18-9-7-16(23-18)8-10-19(21)20-11-12-22-15-5-3-2-4-6-15/h2-7,9,14,17H,8,10-13H2,1H3,(H,20,21)/t14-,17+/m0/s1. The molecule has 122 valence electrons. The van der Waals surface area contributed by atoms with Crippen molar-refractivity contribution < 1.29 is 13.9 Å². The second kappa shape index (κ2) is 7.36. The van der Waals surface area contributed by atoms with E-state index in [4.69, 9.17) is 9.15 Å².